The Bertz CT molecular complexity index is 1660. The molecule has 6 rings (SSSR count). The van der Waals surface area contributed by atoms with Gasteiger partial charge in [0.15, 0.2) is 0 Å². The largest absolute Gasteiger partial charge is 0.478 e. The number of benzene rings is 1. The molecule has 3 aromatic heterocycles. The zero-order valence-electron chi connectivity index (χ0n) is 24.0. The van der Waals surface area contributed by atoms with E-state index < -0.39 is 5.97 Å². The average Bonchev–Trinajstić information content (AvgIpc) is 3.54. The van der Waals surface area contributed by atoms with Crippen LogP contribution in [0.15, 0.2) is 36.4 Å². The molecule has 0 unspecified atom stereocenters. The van der Waals surface area contributed by atoms with E-state index in [9.17, 15) is 14.7 Å². The van der Waals surface area contributed by atoms with Crippen LogP contribution < -0.4 is 0 Å². The predicted octanol–water partition coefficient (Wildman–Crippen LogP) is 5.84. The van der Waals surface area contributed by atoms with E-state index in [1.54, 1.807) is 11.3 Å². The number of aliphatic carboxylic acids is 1. The number of hydrogen-bond acceptors (Lipinski definition) is 7. The molecule has 2 aliphatic rings. The van der Waals surface area contributed by atoms with Crippen molar-refractivity contribution in [2.75, 3.05) is 26.3 Å². The summed E-state index contributed by atoms with van der Waals surface area (Å²) in [6.45, 7) is 6.21. The van der Waals surface area contributed by atoms with Gasteiger partial charge in [-0.15, -0.1) is 11.3 Å². The van der Waals surface area contributed by atoms with Gasteiger partial charge >= 0.3 is 5.97 Å². The van der Waals surface area contributed by atoms with E-state index in [0.29, 0.717) is 32.1 Å². The summed E-state index contributed by atoms with van der Waals surface area (Å²) >= 11 is 1.65. The molecular weight excluding hydrogens is 550 g/mol. The molecule has 0 atom stereocenters. The summed E-state index contributed by atoms with van der Waals surface area (Å²) < 4.78 is 7.36. The molecule has 9 nitrogen and oxygen atoms in total. The third kappa shape index (κ3) is 5.87. The van der Waals surface area contributed by atoms with E-state index in [2.05, 4.69) is 17.1 Å². The highest BCUT2D eigenvalue weighted by molar-refractivity contribution is 7.15. The molecule has 0 radical (unpaired) electrons. The van der Waals surface area contributed by atoms with Crippen molar-refractivity contribution in [3.8, 4) is 21.8 Å². The van der Waals surface area contributed by atoms with E-state index in [1.165, 1.54) is 12.5 Å². The molecule has 1 aromatic carbocycles. The molecule has 42 heavy (non-hydrogen) atoms. The molecule has 1 amide bonds. The van der Waals surface area contributed by atoms with Gasteiger partial charge in [0, 0.05) is 36.0 Å². The summed E-state index contributed by atoms with van der Waals surface area (Å²) in [7, 11) is 0. The first-order chi connectivity index (χ1) is 20.4. The van der Waals surface area contributed by atoms with Crippen LogP contribution in [0.1, 0.15) is 60.2 Å². The number of thiazole rings is 1. The zero-order chi connectivity index (χ0) is 29.2. The van der Waals surface area contributed by atoms with Crippen molar-refractivity contribution in [1.82, 2.24) is 24.4 Å². The molecule has 4 heterocycles. The number of carbonyl (C=O) groups excluding carboxylic acids is 1. The van der Waals surface area contributed by atoms with Gasteiger partial charge < -0.3 is 19.3 Å². The zero-order valence-corrected chi connectivity index (χ0v) is 24.8. The second-order valence-corrected chi connectivity index (χ2v) is 12.2. The van der Waals surface area contributed by atoms with E-state index in [-0.39, 0.29) is 18.4 Å². The maximum absolute atomic E-state index is 13.5. The summed E-state index contributed by atoms with van der Waals surface area (Å²) in [4.78, 5) is 42.4. The average molecular weight is 586 g/mol. The fourth-order valence-electron chi connectivity index (χ4n) is 6.10. The molecule has 218 valence electrons. The Hall–Kier alpha value is -3.89. The first-order valence-corrected chi connectivity index (χ1v) is 15.4. The van der Waals surface area contributed by atoms with Crippen LogP contribution in [0.3, 0.4) is 0 Å². The number of carbonyl (C=O) groups is 2. The molecule has 1 aliphatic carbocycles. The van der Waals surface area contributed by atoms with E-state index in [1.807, 2.05) is 41.5 Å². The number of aromatic nitrogens is 4. The number of morpholine rings is 1. The summed E-state index contributed by atoms with van der Waals surface area (Å²) in [5.74, 6) is -0.346. The number of imidazole rings is 1. The monoisotopic (exact) mass is 585 g/mol. The molecule has 10 heteroatoms. The normalized spacial score (nSPS) is 16.5. The number of nitrogens with zero attached hydrogens (tertiary/aromatic N) is 5. The fraction of sp³-hybridized carbons (Fsp3) is 0.406. The first kappa shape index (κ1) is 28.2. The lowest BCUT2D eigenvalue weighted by Crippen LogP contribution is -2.42. The molecule has 2 fully saturated rings. The van der Waals surface area contributed by atoms with Gasteiger partial charge in [-0.1, -0.05) is 31.4 Å². The molecule has 1 saturated carbocycles. The molecule has 1 N–H and O–H groups in total. The number of pyridine rings is 1. The van der Waals surface area contributed by atoms with Crippen molar-refractivity contribution < 1.29 is 19.4 Å². The van der Waals surface area contributed by atoms with Crippen LogP contribution in [-0.2, 0) is 20.9 Å². The van der Waals surface area contributed by atoms with Gasteiger partial charge in [-0.25, -0.2) is 19.7 Å². The van der Waals surface area contributed by atoms with Gasteiger partial charge in [0.05, 0.1) is 51.4 Å². The van der Waals surface area contributed by atoms with Crippen LogP contribution in [0, 0.1) is 13.8 Å². The minimum atomic E-state index is -1.05. The molecule has 4 aromatic rings. The fourth-order valence-corrected chi connectivity index (χ4v) is 6.99. The van der Waals surface area contributed by atoms with Gasteiger partial charge in [0.2, 0.25) is 5.91 Å². The lowest BCUT2D eigenvalue weighted by molar-refractivity contribution is -0.136. The Morgan fingerprint density at radius 3 is 2.55 bits per heavy atom. The smallest absolute Gasteiger partial charge is 0.328 e. The third-order valence-corrected chi connectivity index (χ3v) is 9.24. The number of ether oxygens (including phenoxy) is 1. The van der Waals surface area contributed by atoms with Gasteiger partial charge in [0.25, 0.3) is 0 Å². The second-order valence-electron chi connectivity index (χ2n) is 11.0. The van der Waals surface area contributed by atoms with Gasteiger partial charge in [-0.2, -0.15) is 0 Å². The van der Waals surface area contributed by atoms with Gasteiger partial charge in [-0.05, 0) is 51.0 Å². The summed E-state index contributed by atoms with van der Waals surface area (Å²) in [6.07, 6.45) is 8.12. The van der Waals surface area contributed by atoms with Crippen molar-refractivity contribution in [2.45, 2.75) is 58.4 Å². The lowest BCUT2D eigenvalue weighted by atomic mass is 9.85. The molecular formula is C32H35N5O4S. The third-order valence-electron chi connectivity index (χ3n) is 8.15. The minimum Gasteiger partial charge on any atom is -0.478 e. The van der Waals surface area contributed by atoms with Crippen LogP contribution in [-0.4, -0.2) is 67.7 Å². The maximum atomic E-state index is 13.5. The number of amides is 1. The highest BCUT2D eigenvalue weighted by atomic mass is 32.1. The van der Waals surface area contributed by atoms with Crippen molar-refractivity contribution in [3.63, 3.8) is 0 Å². The number of rotatable bonds is 7. The van der Waals surface area contributed by atoms with Crippen molar-refractivity contribution in [3.05, 3.63) is 58.6 Å². The molecule has 0 bridgehead atoms. The summed E-state index contributed by atoms with van der Waals surface area (Å²) in [5, 5.41) is 11.4. The number of carboxylic acid groups (broad SMARTS) is 1. The number of aryl methyl sites for hydroxylation is 2. The lowest BCUT2D eigenvalue weighted by Gasteiger charge is -2.27. The quantitative estimate of drug-likeness (QED) is 0.271. The van der Waals surface area contributed by atoms with Crippen LogP contribution in [0.25, 0.3) is 38.8 Å². The topological polar surface area (TPSA) is 110 Å². The van der Waals surface area contributed by atoms with Crippen molar-refractivity contribution >= 4 is 40.2 Å². The Balaban J connectivity index is 1.46. The van der Waals surface area contributed by atoms with E-state index in [4.69, 9.17) is 14.7 Å². The van der Waals surface area contributed by atoms with Crippen molar-refractivity contribution in [1.29, 1.82) is 0 Å². The molecule has 1 aliphatic heterocycles. The standard InChI is InChI=1S/C32H35N5O4S/c1-20-32(42-21(2)33-20)26-11-8-23-18-24(9-10-25(23)34-26)31-30(22-6-4-3-5-7-22)35-27(12-13-29(39)40)37(31)19-28(38)36-14-16-41-17-15-36/h8-13,18,22H,3-7,14-17,19H2,1-2H3,(H,39,40)/b13-12+. The van der Waals surface area contributed by atoms with Gasteiger partial charge in [0.1, 0.15) is 12.4 Å². The van der Waals surface area contributed by atoms with Gasteiger partial charge in [-0.3, -0.25) is 4.79 Å². The number of hydrogen-bond donors (Lipinski definition) is 1. The van der Waals surface area contributed by atoms with Crippen LogP contribution in [0.4, 0.5) is 0 Å². The summed E-state index contributed by atoms with van der Waals surface area (Å²) in [6, 6.07) is 10.3. The minimum absolute atomic E-state index is 0.0283. The predicted molar refractivity (Wildman–Crippen MR) is 163 cm³/mol. The first-order valence-electron chi connectivity index (χ1n) is 14.6. The molecule has 0 spiro atoms. The second kappa shape index (κ2) is 12.1. The molecule has 1 saturated heterocycles. The maximum Gasteiger partial charge on any atom is 0.328 e. The Morgan fingerprint density at radius 2 is 1.83 bits per heavy atom. The van der Waals surface area contributed by atoms with Crippen LogP contribution >= 0.6 is 11.3 Å². The highest BCUT2D eigenvalue weighted by Gasteiger charge is 2.28. The SMILES string of the molecule is Cc1nc(C)c(-c2ccc3cc(-c4c(C5CCCCC5)nc(/C=C/C(=O)O)n4CC(=O)N4CCOCC4)ccc3n2)s1. The van der Waals surface area contributed by atoms with Crippen molar-refractivity contribution in [2.24, 2.45) is 0 Å². The Kier molecular flexibility index (Phi) is 8.17. The number of fused-ring (bicyclic) bond motifs is 1. The van der Waals surface area contributed by atoms with E-state index in [0.717, 1.165) is 80.9 Å². The van der Waals surface area contributed by atoms with Crippen LogP contribution in [0.5, 0.6) is 0 Å². The van der Waals surface area contributed by atoms with Crippen LogP contribution in [0.2, 0.25) is 0 Å². The summed E-state index contributed by atoms with van der Waals surface area (Å²) in [5.41, 5.74) is 5.53. The van der Waals surface area contributed by atoms with E-state index >= 15 is 0 Å². The highest BCUT2D eigenvalue weighted by Crippen LogP contribution is 2.40. The number of carboxylic acids is 1. The Labute approximate surface area is 248 Å². The Morgan fingerprint density at radius 1 is 1.05 bits per heavy atom.